The molecule has 0 bridgehead atoms. The predicted octanol–water partition coefficient (Wildman–Crippen LogP) is 5.68. The van der Waals surface area contributed by atoms with Crippen molar-refractivity contribution >= 4 is 11.9 Å². The number of rotatable bonds is 11. The molecule has 0 saturated carbocycles. The van der Waals surface area contributed by atoms with E-state index >= 15 is 0 Å². The van der Waals surface area contributed by atoms with Gasteiger partial charge in [-0.3, -0.25) is 0 Å². The van der Waals surface area contributed by atoms with E-state index in [9.17, 15) is 9.59 Å². The fraction of sp³-hybridized carbons (Fsp3) is 0.417. The summed E-state index contributed by atoms with van der Waals surface area (Å²) in [5, 5.41) is 0. The standard InChI is InChI=1S/C24H30O5/c1-4-5-6-7-16-27-21-12-14-22(15-13-21)29-24(26)20-10-8-19(9-11-20)23(25)28-17-18(2)3/h8-15,18H,4-7,16-17H2,1-3H3. The minimum atomic E-state index is -0.486. The Balaban J connectivity index is 1.84. The highest BCUT2D eigenvalue weighted by molar-refractivity contribution is 5.94. The van der Waals surface area contributed by atoms with Crippen molar-refractivity contribution in [2.24, 2.45) is 5.92 Å². The minimum absolute atomic E-state index is 0.269. The molecule has 0 radical (unpaired) electrons. The van der Waals surface area contributed by atoms with Crippen LogP contribution >= 0.6 is 0 Å². The van der Waals surface area contributed by atoms with E-state index in [1.807, 2.05) is 13.8 Å². The Hall–Kier alpha value is -2.82. The second-order valence-corrected chi connectivity index (χ2v) is 7.34. The van der Waals surface area contributed by atoms with Crippen molar-refractivity contribution in [3.8, 4) is 11.5 Å². The molecule has 0 saturated heterocycles. The van der Waals surface area contributed by atoms with Crippen molar-refractivity contribution in [1.29, 1.82) is 0 Å². The number of ether oxygens (including phenoxy) is 3. The molecule has 0 aliphatic heterocycles. The van der Waals surface area contributed by atoms with Crippen molar-refractivity contribution in [1.82, 2.24) is 0 Å². The van der Waals surface area contributed by atoms with E-state index < -0.39 is 11.9 Å². The quantitative estimate of drug-likeness (QED) is 0.277. The van der Waals surface area contributed by atoms with Crippen LogP contribution in [0.1, 0.15) is 67.2 Å². The van der Waals surface area contributed by atoms with Gasteiger partial charge in [0.25, 0.3) is 0 Å². The third kappa shape index (κ3) is 7.98. The Bertz CT molecular complexity index is 763. The maximum atomic E-state index is 12.3. The van der Waals surface area contributed by atoms with Crippen molar-refractivity contribution in [2.45, 2.75) is 46.5 Å². The summed E-state index contributed by atoms with van der Waals surface area (Å²) in [4.78, 5) is 24.2. The molecular weight excluding hydrogens is 368 g/mol. The molecule has 0 unspecified atom stereocenters. The molecule has 0 spiro atoms. The Labute approximate surface area is 173 Å². The van der Waals surface area contributed by atoms with Gasteiger partial charge in [0.2, 0.25) is 0 Å². The van der Waals surface area contributed by atoms with Crippen molar-refractivity contribution < 1.29 is 23.8 Å². The molecule has 0 fully saturated rings. The molecule has 5 heteroatoms. The molecule has 29 heavy (non-hydrogen) atoms. The first-order valence-electron chi connectivity index (χ1n) is 10.2. The summed E-state index contributed by atoms with van der Waals surface area (Å²) in [6.07, 6.45) is 4.62. The maximum absolute atomic E-state index is 12.3. The zero-order valence-corrected chi connectivity index (χ0v) is 17.5. The molecule has 0 aliphatic rings. The van der Waals surface area contributed by atoms with Gasteiger partial charge in [-0.15, -0.1) is 0 Å². The summed E-state index contributed by atoms with van der Waals surface area (Å²) in [6, 6.07) is 13.2. The lowest BCUT2D eigenvalue weighted by Gasteiger charge is -2.09. The lowest BCUT2D eigenvalue weighted by Crippen LogP contribution is -2.11. The van der Waals surface area contributed by atoms with Crippen molar-refractivity contribution in [3.05, 3.63) is 59.7 Å². The largest absolute Gasteiger partial charge is 0.494 e. The highest BCUT2D eigenvalue weighted by atomic mass is 16.5. The van der Waals surface area contributed by atoms with Gasteiger partial charge in [-0.1, -0.05) is 40.0 Å². The maximum Gasteiger partial charge on any atom is 0.343 e. The second-order valence-electron chi connectivity index (χ2n) is 7.34. The topological polar surface area (TPSA) is 61.8 Å². The molecule has 156 valence electrons. The van der Waals surface area contributed by atoms with Crippen LogP contribution in [0.15, 0.2) is 48.5 Å². The van der Waals surface area contributed by atoms with E-state index in [0.717, 1.165) is 12.2 Å². The Morgan fingerprint density at radius 3 is 1.97 bits per heavy atom. The molecule has 2 rings (SSSR count). The molecule has 0 atom stereocenters. The van der Waals surface area contributed by atoms with Crippen LogP contribution in [0.3, 0.4) is 0 Å². The summed E-state index contributed by atoms with van der Waals surface area (Å²) >= 11 is 0. The van der Waals surface area contributed by atoms with Gasteiger partial charge in [-0.05, 0) is 60.9 Å². The molecule has 0 aromatic heterocycles. The van der Waals surface area contributed by atoms with Crippen LogP contribution in [-0.2, 0) is 4.74 Å². The monoisotopic (exact) mass is 398 g/mol. The lowest BCUT2D eigenvalue weighted by atomic mass is 10.1. The number of benzene rings is 2. The first-order valence-corrected chi connectivity index (χ1v) is 10.2. The van der Waals surface area contributed by atoms with Gasteiger partial charge in [0, 0.05) is 0 Å². The molecule has 0 heterocycles. The van der Waals surface area contributed by atoms with E-state index in [2.05, 4.69) is 6.92 Å². The van der Waals surface area contributed by atoms with Gasteiger partial charge < -0.3 is 14.2 Å². The van der Waals surface area contributed by atoms with Crippen LogP contribution in [0.4, 0.5) is 0 Å². The van der Waals surface area contributed by atoms with Crippen molar-refractivity contribution in [3.63, 3.8) is 0 Å². The molecule has 0 amide bonds. The first kappa shape index (κ1) is 22.5. The van der Waals surface area contributed by atoms with Crippen LogP contribution in [0.5, 0.6) is 11.5 Å². The molecule has 2 aromatic rings. The fourth-order valence-electron chi connectivity index (χ4n) is 2.56. The summed E-state index contributed by atoms with van der Waals surface area (Å²) in [5.74, 6) is 0.578. The number of hydrogen-bond donors (Lipinski definition) is 0. The second kappa shape index (κ2) is 11.9. The van der Waals surface area contributed by atoms with Crippen molar-refractivity contribution in [2.75, 3.05) is 13.2 Å². The summed E-state index contributed by atoms with van der Waals surface area (Å²) in [6.45, 7) is 7.17. The third-order valence-corrected chi connectivity index (χ3v) is 4.20. The van der Waals surface area contributed by atoms with Crippen LogP contribution < -0.4 is 9.47 Å². The van der Waals surface area contributed by atoms with Gasteiger partial charge in [-0.25, -0.2) is 9.59 Å². The number of hydrogen-bond acceptors (Lipinski definition) is 5. The van der Waals surface area contributed by atoms with E-state index in [1.165, 1.54) is 19.3 Å². The van der Waals surface area contributed by atoms with Gasteiger partial charge in [0.05, 0.1) is 24.3 Å². The van der Waals surface area contributed by atoms with Gasteiger partial charge in [0.1, 0.15) is 11.5 Å². The summed E-state index contributed by atoms with van der Waals surface area (Å²) < 4.78 is 16.2. The smallest absolute Gasteiger partial charge is 0.343 e. The Kier molecular flexibility index (Phi) is 9.22. The van der Waals surface area contributed by atoms with E-state index in [0.29, 0.717) is 30.1 Å². The first-order chi connectivity index (χ1) is 14.0. The third-order valence-electron chi connectivity index (χ3n) is 4.20. The van der Waals surface area contributed by atoms with Crippen LogP contribution in [0.2, 0.25) is 0 Å². The predicted molar refractivity (Wildman–Crippen MR) is 113 cm³/mol. The highest BCUT2D eigenvalue weighted by Crippen LogP contribution is 2.19. The van der Waals surface area contributed by atoms with Gasteiger partial charge in [-0.2, -0.15) is 0 Å². The summed E-state index contributed by atoms with van der Waals surface area (Å²) in [7, 11) is 0. The SMILES string of the molecule is CCCCCCOc1ccc(OC(=O)c2ccc(C(=O)OCC(C)C)cc2)cc1. The Morgan fingerprint density at radius 1 is 0.793 bits per heavy atom. The molecule has 2 aromatic carbocycles. The van der Waals surface area contributed by atoms with Crippen LogP contribution in [-0.4, -0.2) is 25.2 Å². The molecular formula is C24H30O5. The van der Waals surface area contributed by atoms with E-state index in [1.54, 1.807) is 48.5 Å². The van der Waals surface area contributed by atoms with Crippen LogP contribution in [0.25, 0.3) is 0 Å². The average Bonchev–Trinajstić information content (AvgIpc) is 2.73. The van der Waals surface area contributed by atoms with Crippen LogP contribution in [0, 0.1) is 5.92 Å². The molecule has 0 N–H and O–H groups in total. The van der Waals surface area contributed by atoms with E-state index in [-0.39, 0.29) is 5.92 Å². The number of unbranched alkanes of at least 4 members (excludes halogenated alkanes) is 3. The highest BCUT2D eigenvalue weighted by Gasteiger charge is 2.12. The fourth-order valence-corrected chi connectivity index (χ4v) is 2.56. The van der Waals surface area contributed by atoms with E-state index in [4.69, 9.17) is 14.2 Å². The number of carbonyl (C=O) groups excluding carboxylic acids is 2. The average molecular weight is 398 g/mol. The minimum Gasteiger partial charge on any atom is -0.494 e. The number of carbonyl (C=O) groups is 2. The number of esters is 2. The lowest BCUT2D eigenvalue weighted by molar-refractivity contribution is 0.0458. The summed E-state index contributed by atoms with van der Waals surface area (Å²) in [5.41, 5.74) is 0.768. The molecule has 5 nitrogen and oxygen atoms in total. The zero-order chi connectivity index (χ0) is 21.1. The zero-order valence-electron chi connectivity index (χ0n) is 17.5. The van der Waals surface area contributed by atoms with Gasteiger partial charge in [0.15, 0.2) is 0 Å². The van der Waals surface area contributed by atoms with Gasteiger partial charge >= 0.3 is 11.9 Å². The molecule has 0 aliphatic carbocycles. The normalized spacial score (nSPS) is 10.6. The Morgan fingerprint density at radius 2 is 1.38 bits per heavy atom.